The summed E-state index contributed by atoms with van der Waals surface area (Å²) < 4.78 is 9.69. The van der Waals surface area contributed by atoms with E-state index < -0.39 is 54.7 Å². The number of amides is 3. The van der Waals surface area contributed by atoms with Crippen LogP contribution in [0.4, 0.5) is 4.79 Å². The molecule has 1 aromatic carbocycles. The van der Waals surface area contributed by atoms with Gasteiger partial charge in [0.05, 0.1) is 13.2 Å². The average Bonchev–Trinajstić information content (AvgIpc) is 2.75. The Hall–Kier alpha value is -4.05. The van der Waals surface area contributed by atoms with Gasteiger partial charge in [-0.1, -0.05) is 24.1 Å². The summed E-state index contributed by atoms with van der Waals surface area (Å²) in [5.41, 5.74) is -0.198. The number of alkyl carbamates (subject to hydrolysis) is 1. The summed E-state index contributed by atoms with van der Waals surface area (Å²) in [6.45, 7) is 5.45. The fourth-order valence-corrected chi connectivity index (χ4v) is 2.81. The number of ether oxygens (including phenoxy) is 2. The number of nitriles is 1. The number of nitrogens with zero attached hydrogens (tertiary/aromatic N) is 2. The molecule has 0 bridgehead atoms. The molecule has 10 nitrogen and oxygen atoms in total. The predicted molar refractivity (Wildman–Crippen MR) is 118 cm³/mol. The monoisotopic (exact) mass is 456 g/mol. The smallest absolute Gasteiger partial charge is 0.408 e. The van der Waals surface area contributed by atoms with E-state index in [2.05, 4.69) is 21.3 Å². The number of hydrogen-bond donors (Lipinski definition) is 2. The summed E-state index contributed by atoms with van der Waals surface area (Å²) in [4.78, 5) is 50.9. The van der Waals surface area contributed by atoms with Crippen molar-refractivity contribution in [1.29, 1.82) is 5.26 Å². The van der Waals surface area contributed by atoms with Crippen LogP contribution in [0.2, 0.25) is 0 Å². The second-order valence-corrected chi connectivity index (χ2v) is 7.92. The van der Waals surface area contributed by atoms with Gasteiger partial charge in [0.2, 0.25) is 11.8 Å². The van der Waals surface area contributed by atoms with Crippen molar-refractivity contribution in [1.82, 2.24) is 15.5 Å². The topological polar surface area (TPSA) is 138 Å². The molecule has 0 spiro atoms. The summed E-state index contributed by atoms with van der Waals surface area (Å²) in [5, 5.41) is 14.2. The third-order valence-electron chi connectivity index (χ3n) is 4.23. The number of carbonyl (C=O) groups excluding carboxylic acids is 4. The molecule has 1 aromatic rings. The van der Waals surface area contributed by atoms with Gasteiger partial charge in [0, 0.05) is 5.56 Å². The van der Waals surface area contributed by atoms with Crippen molar-refractivity contribution in [2.75, 3.05) is 20.2 Å². The van der Waals surface area contributed by atoms with Gasteiger partial charge in [-0.25, -0.2) is 4.79 Å². The molecule has 0 heterocycles. The number of methoxy groups -OCH3 is 1. The Kier molecular flexibility index (Phi) is 9.90. The van der Waals surface area contributed by atoms with Crippen LogP contribution in [0, 0.1) is 23.7 Å². The lowest BCUT2D eigenvalue weighted by Crippen LogP contribution is -2.52. The first-order valence-electron chi connectivity index (χ1n) is 10.0. The van der Waals surface area contributed by atoms with E-state index in [-0.39, 0.29) is 5.56 Å². The summed E-state index contributed by atoms with van der Waals surface area (Å²) in [6, 6.07) is 5.76. The summed E-state index contributed by atoms with van der Waals surface area (Å²) in [6.07, 6.45) is 4.73. The zero-order valence-corrected chi connectivity index (χ0v) is 19.3. The number of hydrogen-bond acceptors (Lipinski definition) is 7. The van der Waals surface area contributed by atoms with Crippen LogP contribution in [0.25, 0.3) is 0 Å². The fraction of sp³-hybridized carbons (Fsp3) is 0.435. The highest BCUT2D eigenvalue weighted by Gasteiger charge is 2.35. The van der Waals surface area contributed by atoms with Crippen LogP contribution in [-0.4, -0.2) is 60.6 Å². The average molecular weight is 456 g/mol. The first-order chi connectivity index (χ1) is 15.4. The van der Waals surface area contributed by atoms with Gasteiger partial charge in [-0.2, -0.15) is 5.26 Å². The highest BCUT2D eigenvalue weighted by molar-refractivity contribution is 5.93. The molecule has 0 aliphatic rings. The van der Waals surface area contributed by atoms with Crippen molar-refractivity contribution in [3.63, 3.8) is 0 Å². The number of terminal acetylenes is 1. The molecule has 2 N–H and O–H groups in total. The van der Waals surface area contributed by atoms with Crippen LogP contribution in [-0.2, 0) is 23.9 Å². The molecule has 33 heavy (non-hydrogen) atoms. The summed E-state index contributed by atoms with van der Waals surface area (Å²) >= 11 is 0. The van der Waals surface area contributed by atoms with E-state index in [1.165, 1.54) is 6.92 Å². The van der Waals surface area contributed by atoms with Gasteiger partial charge >= 0.3 is 12.1 Å². The van der Waals surface area contributed by atoms with Gasteiger partial charge in [-0.05, 0) is 39.3 Å². The number of benzene rings is 1. The Morgan fingerprint density at radius 2 is 1.85 bits per heavy atom. The van der Waals surface area contributed by atoms with Gasteiger partial charge in [0.15, 0.2) is 0 Å². The number of rotatable bonds is 8. The largest absolute Gasteiger partial charge is 0.468 e. The van der Waals surface area contributed by atoms with Gasteiger partial charge in [0.25, 0.3) is 0 Å². The molecular weight excluding hydrogens is 428 g/mol. The van der Waals surface area contributed by atoms with Crippen LogP contribution in [0.1, 0.15) is 44.9 Å². The minimum absolute atomic E-state index is 0.274. The minimum Gasteiger partial charge on any atom is -0.468 e. The maximum absolute atomic E-state index is 13.2. The van der Waals surface area contributed by atoms with E-state index in [4.69, 9.17) is 11.2 Å². The Morgan fingerprint density at radius 3 is 2.39 bits per heavy atom. The number of nitrogens with one attached hydrogen (secondary N) is 2. The van der Waals surface area contributed by atoms with E-state index in [9.17, 15) is 24.4 Å². The van der Waals surface area contributed by atoms with Crippen LogP contribution in [0.5, 0.6) is 0 Å². The highest BCUT2D eigenvalue weighted by Crippen LogP contribution is 2.25. The number of carbonyl (C=O) groups is 4. The zero-order valence-electron chi connectivity index (χ0n) is 19.3. The lowest BCUT2D eigenvalue weighted by atomic mass is 9.97. The molecule has 0 aliphatic carbocycles. The molecule has 2 atom stereocenters. The molecule has 0 fully saturated rings. The van der Waals surface area contributed by atoms with Crippen LogP contribution >= 0.6 is 0 Å². The minimum atomic E-state index is -1.35. The molecular formula is C23H28N4O6. The second kappa shape index (κ2) is 12.1. The Morgan fingerprint density at radius 1 is 1.21 bits per heavy atom. The van der Waals surface area contributed by atoms with E-state index in [1.807, 2.05) is 6.07 Å². The third kappa shape index (κ3) is 8.19. The van der Waals surface area contributed by atoms with Crippen molar-refractivity contribution in [2.24, 2.45) is 0 Å². The van der Waals surface area contributed by atoms with Crippen molar-refractivity contribution in [3.8, 4) is 18.4 Å². The van der Waals surface area contributed by atoms with Gasteiger partial charge < -0.3 is 25.0 Å². The quantitative estimate of drug-likeness (QED) is 0.341. The highest BCUT2D eigenvalue weighted by atomic mass is 16.6. The van der Waals surface area contributed by atoms with E-state index in [0.717, 1.165) is 12.0 Å². The van der Waals surface area contributed by atoms with E-state index >= 15 is 0 Å². The Bertz CT molecular complexity index is 970. The van der Waals surface area contributed by atoms with Crippen LogP contribution < -0.4 is 10.6 Å². The van der Waals surface area contributed by atoms with E-state index in [0.29, 0.717) is 5.56 Å². The van der Waals surface area contributed by atoms with Crippen LogP contribution in [0.15, 0.2) is 24.3 Å². The first kappa shape index (κ1) is 27.0. The molecule has 3 amide bonds. The molecule has 0 saturated carbocycles. The van der Waals surface area contributed by atoms with Gasteiger partial charge in [-0.15, -0.1) is 6.42 Å². The van der Waals surface area contributed by atoms with Crippen molar-refractivity contribution in [3.05, 3.63) is 35.4 Å². The Labute approximate surface area is 193 Å². The maximum atomic E-state index is 13.2. The third-order valence-corrected chi connectivity index (χ3v) is 4.23. The fourth-order valence-electron chi connectivity index (χ4n) is 2.81. The lowest BCUT2D eigenvalue weighted by Gasteiger charge is -2.32. The standard InChI is InChI=1S/C23H28N4O6/c1-7-16-10-8-9-11-17(16)19(20(29)25-14-18(28)32-6)27(13-12-24)21(30)15(2)26-22(31)33-23(3,4)5/h1,8-11,15,19H,13-14H2,2-6H3,(H,25,29)(H,26,31). The van der Waals surface area contributed by atoms with Gasteiger partial charge in [-0.3, -0.25) is 14.4 Å². The molecule has 176 valence electrons. The molecule has 0 saturated heterocycles. The van der Waals surface area contributed by atoms with Crippen molar-refractivity contribution in [2.45, 2.75) is 45.4 Å². The van der Waals surface area contributed by atoms with Crippen molar-refractivity contribution >= 4 is 23.9 Å². The molecule has 0 aromatic heterocycles. The van der Waals surface area contributed by atoms with Crippen LogP contribution in [0.3, 0.4) is 0 Å². The normalized spacial score (nSPS) is 12.2. The maximum Gasteiger partial charge on any atom is 0.408 e. The van der Waals surface area contributed by atoms with E-state index in [1.54, 1.807) is 45.0 Å². The summed E-state index contributed by atoms with van der Waals surface area (Å²) in [5.74, 6) is 0.262. The Balaban J connectivity index is 3.34. The molecule has 1 rings (SSSR count). The predicted octanol–water partition coefficient (Wildman–Crippen LogP) is 1.26. The SMILES string of the molecule is C#Cc1ccccc1C(C(=O)NCC(=O)OC)N(CC#N)C(=O)C(C)NC(=O)OC(C)(C)C. The summed E-state index contributed by atoms with van der Waals surface area (Å²) in [7, 11) is 1.16. The first-order valence-corrected chi connectivity index (χ1v) is 10.0. The molecule has 10 heteroatoms. The lowest BCUT2D eigenvalue weighted by molar-refractivity contribution is -0.144. The molecule has 2 unspecified atom stereocenters. The van der Waals surface area contributed by atoms with Gasteiger partial charge in [0.1, 0.15) is 30.8 Å². The second-order valence-electron chi connectivity index (χ2n) is 7.92. The molecule has 0 radical (unpaired) electrons. The number of esters is 1. The zero-order chi connectivity index (χ0) is 25.2. The van der Waals surface area contributed by atoms with Crippen molar-refractivity contribution < 1.29 is 28.7 Å². The molecule has 0 aliphatic heterocycles.